The second-order valence-corrected chi connectivity index (χ2v) is 6.16. The van der Waals surface area contributed by atoms with E-state index in [9.17, 15) is 0 Å². The van der Waals surface area contributed by atoms with E-state index in [0.717, 1.165) is 29.8 Å². The van der Waals surface area contributed by atoms with E-state index in [1.807, 2.05) is 4.52 Å². The van der Waals surface area contributed by atoms with Crippen molar-refractivity contribution in [3.8, 4) is 0 Å². The highest BCUT2D eigenvalue weighted by molar-refractivity contribution is 7.16. The van der Waals surface area contributed by atoms with E-state index in [2.05, 4.69) is 22.4 Å². The summed E-state index contributed by atoms with van der Waals surface area (Å²) in [7, 11) is 0. The van der Waals surface area contributed by atoms with Gasteiger partial charge in [0.25, 0.3) is 0 Å². The summed E-state index contributed by atoms with van der Waals surface area (Å²) < 4.78 is 1.97. The molecule has 1 saturated carbocycles. The first-order chi connectivity index (χ1) is 8.33. The van der Waals surface area contributed by atoms with Crippen molar-refractivity contribution >= 4 is 16.3 Å². The number of hydrogen-bond acceptors (Lipinski definition) is 5. The third-order valence-electron chi connectivity index (χ3n) is 3.88. The second kappa shape index (κ2) is 3.49. The van der Waals surface area contributed by atoms with Crippen molar-refractivity contribution in [2.45, 2.75) is 31.6 Å². The Balaban J connectivity index is 1.71. The van der Waals surface area contributed by atoms with Crippen LogP contribution in [0.1, 0.15) is 42.4 Å². The van der Waals surface area contributed by atoms with Crippen molar-refractivity contribution in [3.63, 3.8) is 0 Å². The fourth-order valence-corrected chi connectivity index (χ4v) is 3.28. The molecule has 17 heavy (non-hydrogen) atoms. The summed E-state index contributed by atoms with van der Waals surface area (Å²) >= 11 is 1.70. The summed E-state index contributed by atoms with van der Waals surface area (Å²) in [5.74, 6) is 2.96. The molecule has 0 spiro atoms. The molecular weight excluding hydrogens is 234 g/mol. The molecule has 1 N–H and O–H groups in total. The lowest BCUT2D eigenvalue weighted by Crippen LogP contribution is -2.44. The van der Waals surface area contributed by atoms with E-state index >= 15 is 0 Å². The first-order valence-corrected chi connectivity index (χ1v) is 7.07. The van der Waals surface area contributed by atoms with Gasteiger partial charge in [0, 0.05) is 11.8 Å². The topological polar surface area (TPSA) is 55.1 Å². The van der Waals surface area contributed by atoms with Gasteiger partial charge in [-0.15, -0.1) is 10.2 Å². The molecule has 0 amide bonds. The Morgan fingerprint density at radius 1 is 1.35 bits per heavy atom. The van der Waals surface area contributed by atoms with Crippen LogP contribution in [-0.2, 0) is 0 Å². The summed E-state index contributed by atoms with van der Waals surface area (Å²) in [4.78, 5) is 0.959. The maximum atomic E-state index is 4.72. The Morgan fingerprint density at radius 3 is 2.82 bits per heavy atom. The SMILES string of the molecule is CC(c1nn2c(C3CC3)nnc2s1)C1CNC1. The number of rotatable bonds is 3. The molecule has 0 aromatic carbocycles. The van der Waals surface area contributed by atoms with Gasteiger partial charge in [0.2, 0.25) is 4.96 Å². The molecule has 6 heteroatoms. The Morgan fingerprint density at radius 2 is 2.18 bits per heavy atom. The van der Waals surface area contributed by atoms with Crippen molar-refractivity contribution in [1.82, 2.24) is 25.1 Å². The van der Waals surface area contributed by atoms with Gasteiger partial charge >= 0.3 is 0 Å². The fraction of sp³-hybridized carbons (Fsp3) is 0.727. The Hall–Kier alpha value is -1.01. The summed E-state index contributed by atoms with van der Waals surface area (Å²) in [5.41, 5.74) is 0. The minimum Gasteiger partial charge on any atom is -0.316 e. The molecule has 0 bridgehead atoms. The zero-order valence-corrected chi connectivity index (χ0v) is 10.6. The zero-order valence-electron chi connectivity index (χ0n) is 9.76. The first kappa shape index (κ1) is 9.96. The molecule has 1 aliphatic heterocycles. The third-order valence-corrected chi connectivity index (χ3v) is 4.98. The van der Waals surface area contributed by atoms with Gasteiger partial charge in [-0.05, 0) is 31.8 Å². The molecule has 2 fully saturated rings. The zero-order chi connectivity index (χ0) is 11.4. The number of hydrogen-bond donors (Lipinski definition) is 1. The Bertz CT molecular complexity index is 551. The summed E-state index contributed by atoms with van der Waals surface area (Å²) in [6.07, 6.45) is 2.49. The molecule has 90 valence electrons. The summed E-state index contributed by atoms with van der Waals surface area (Å²) in [6, 6.07) is 0. The average molecular weight is 249 g/mol. The average Bonchev–Trinajstić information content (AvgIpc) is 2.87. The predicted molar refractivity (Wildman–Crippen MR) is 65.4 cm³/mol. The fourth-order valence-electron chi connectivity index (χ4n) is 2.29. The van der Waals surface area contributed by atoms with Crippen LogP contribution in [0.5, 0.6) is 0 Å². The normalized spacial score (nSPS) is 22.9. The molecule has 0 radical (unpaired) electrons. The molecule has 2 aromatic rings. The highest BCUT2D eigenvalue weighted by Gasteiger charge is 2.32. The van der Waals surface area contributed by atoms with Gasteiger partial charge in [-0.1, -0.05) is 18.3 Å². The summed E-state index contributed by atoms with van der Waals surface area (Å²) in [5, 5.41) is 17.7. The van der Waals surface area contributed by atoms with Crippen LogP contribution in [0.3, 0.4) is 0 Å². The number of aromatic nitrogens is 4. The third kappa shape index (κ3) is 1.51. The van der Waals surface area contributed by atoms with E-state index < -0.39 is 0 Å². The number of fused-ring (bicyclic) bond motifs is 1. The van der Waals surface area contributed by atoms with Gasteiger partial charge in [-0.25, -0.2) is 0 Å². The van der Waals surface area contributed by atoms with Gasteiger partial charge < -0.3 is 5.32 Å². The maximum absolute atomic E-state index is 4.72. The molecule has 5 nitrogen and oxygen atoms in total. The van der Waals surface area contributed by atoms with Crippen LogP contribution in [0.4, 0.5) is 0 Å². The smallest absolute Gasteiger partial charge is 0.234 e. The van der Waals surface area contributed by atoms with Gasteiger partial charge in [0.05, 0.1) is 0 Å². The predicted octanol–water partition coefficient (Wildman–Crippen LogP) is 1.39. The van der Waals surface area contributed by atoms with E-state index in [-0.39, 0.29) is 0 Å². The number of nitrogens with zero attached hydrogens (tertiary/aromatic N) is 4. The maximum Gasteiger partial charge on any atom is 0.234 e. The monoisotopic (exact) mass is 249 g/mol. The Labute approximate surface area is 103 Å². The van der Waals surface area contributed by atoms with Crippen LogP contribution in [0.25, 0.3) is 4.96 Å². The minimum atomic E-state index is 0.537. The van der Waals surface area contributed by atoms with Gasteiger partial charge in [0.1, 0.15) is 5.01 Å². The highest BCUT2D eigenvalue weighted by Crippen LogP contribution is 2.40. The van der Waals surface area contributed by atoms with Crippen molar-refractivity contribution in [1.29, 1.82) is 0 Å². The lowest BCUT2D eigenvalue weighted by atomic mass is 9.90. The second-order valence-electron chi connectivity index (χ2n) is 5.17. The minimum absolute atomic E-state index is 0.537. The molecule has 2 aromatic heterocycles. The summed E-state index contributed by atoms with van der Waals surface area (Å²) in [6.45, 7) is 4.52. The molecule has 2 aliphatic rings. The van der Waals surface area contributed by atoms with Crippen LogP contribution in [0.15, 0.2) is 0 Å². The van der Waals surface area contributed by atoms with E-state index in [0.29, 0.717) is 11.8 Å². The molecule has 4 rings (SSSR count). The molecule has 1 unspecified atom stereocenters. The van der Waals surface area contributed by atoms with Gasteiger partial charge in [-0.2, -0.15) is 9.61 Å². The largest absolute Gasteiger partial charge is 0.316 e. The van der Waals surface area contributed by atoms with Crippen LogP contribution in [-0.4, -0.2) is 32.9 Å². The highest BCUT2D eigenvalue weighted by atomic mass is 32.1. The van der Waals surface area contributed by atoms with Gasteiger partial charge in [-0.3, -0.25) is 0 Å². The lowest BCUT2D eigenvalue weighted by molar-refractivity contribution is 0.301. The van der Waals surface area contributed by atoms with Crippen molar-refractivity contribution < 1.29 is 0 Å². The Kier molecular flexibility index (Phi) is 2.05. The molecule has 1 atom stereocenters. The van der Waals surface area contributed by atoms with Crippen LogP contribution in [0.2, 0.25) is 0 Å². The van der Waals surface area contributed by atoms with Gasteiger partial charge in [0.15, 0.2) is 5.82 Å². The van der Waals surface area contributed by atoms with E-state index in [1.165, 1.54) is 17.8 Å². The van der Waals surface area contributed by atoms with E-state index in [4.69, 9.17) is 5.10 Å². The van der Waals surface area contributed by atoms with E-state index in [1.54, 1.807) is 11.3 Å². The van der Waals surface area contributed by atoms with Crippen LogP contribution in [0, 0.1) is 5.92 Å². The number of nitrogens with one attached hydrogen (secondary N) is 1. The van der Waals surface area contributed by atoms with Crippen LogP contribution >= 0.6 is 11.3 Å². The quantitative estimate of drug-likeness (QED) is 0.893. The molecule has 3 heterocycles. The first-order valence-electron chi connectivity index (χ1n) is 6.25. The molecule has 1 aliphatic carbocycles. The van der Waals surface area contributed by atoms with Crippen molar-refractivity contribution in [2.75, 3.05) is 13.1 Å². The molecular formula is C11H15N5S. The lowest BCUT2D eigenvalue weighted by Gasteiger charge is -2.31. The van der Waals surface area contributed by atoms with Crippen LogP contribution < -0.4 is 5.32 Å². The molecule has 1 saturated heterocycles. The standard InChI is InChI=1S/C11H15N5S/c1-6(8-4-12-5-8)10-15-16-9(7-2-3-7)13-14-11(16)17-10/h6-8,12H,2-5H2,1H3. The van der Waals surface area contributed by atoms with Crippen molar-refractivity contribution in [2.24, 2.45) is 5.92 Å². The van der Waals surface area contributed by atoms with Crippen molar-refractivity contribution in [3.05, 3.63) is 10.8 Å².